The predicted molar refractivity (Wildman–Crippen MR) is 95.6 cm³/mol. The quantitative estimate of drug-likeness (QED) is 0.468. The van der Waals surface area contributed by atoms with E-state index in [9.17, 15) is 9.90 Å². The van der Waals surface area contributed by atoms with Gasteiger partial charge in [0.25, 0.3) is 0 Å². The van der Waals surface area contributed by atoms with E-state index in [1.807, 2.05) is 17.5 Å². The molecule has 2 bridgehead atoms. The summed E-state index contributed by atoms with van der Waals surface area (Å²) >= 11 is 1.37. The number of hydrogen-bond donors (Lipinski definition) is 1. The summed E-state index contributed by atoms with van der Waals surface area (Å²) in [7, 11) is 0. The number of carbonyl (C=O) groups excluding carboxylic acids is 1. The third kappa shape index (κ3) is 3.08. The largest absolute Gasteiger partial charge is 0.454 e. The van der Waals surface area contributed by atoms with Crippen LogP contribution in [0.15, 0.2) is 42.8 Å². The van der Waals surface area contributed by atoms with E-state index in [1.165, 1.54) is 11.3 Å². The number of ether oxygens (including phenoxy) is 1. The van der Waals surface area contributed by atoms with Crippen molar-refractivity contribution in [3.63, 3.8) is 0 Å². The van der Waals surface area contributed by atoms with Gasteiger partial charge in [0.2, 0.25) is 0 Å². The van der Waals surface area contributed by atoms with Crippen LogP contribution >= 0.6 is 11.3 Å². The number of rotatable bonds is 7. The Hall–Kier alpha value is -1.43. The summed E-state index contributed by atoms with van der Waals surface area (Å²) in [6.45, 7) is 11.6. The van der Waals surface area contributed by atoms with Gasteiger partial charge in [-0.05, 0) is 17.5 Å². The van der Waals surface area contributed by atoms with Crippen molar-refractivity contribution < 1.29 is 19.1 Å². The molecule has 3 aliphatic rings. The molecule has 1 N–H and O–H groups in total. The van der Waals surface area contributed by atoms with Crippen LogP contribution in [0.4, 0.5) is 0 Å². The highest BCUT2D eigenvalue weighted by molar-refractivity contribution is 7.10. The standard InChI is InChI=1S/C19H26NO3S/c1-3-9-19(22,17-6-5-13-24-17)18(21)23-16-14-20(10-4-2)11-7-15(16)8-12-20/h3-6,13,15-16,22H,1-2,7-12,14H2/q+1/t15?,16-,19?,20?/m0/s1. The molecule has 4 rings (SSSR count). The van der Waals surface area contributed by atoms with Gasteiger partial charge >= 0.3 is 5.97 Å². The van der Waals surface area contributed by atoms with Crippen molar-refractivity contribution in [2.75, 3.05) is 26.2 Å². The van der Waals surface area contributed by atoms with Crippen molar-refractivity contribution in [2.45, 2.75) is 31.0 Å². The second kappa shape index (κ2) is 6.82. The molecule has 0 spiro atoms. The van der Waals surface area contributed by atoms with Crippen LogP contribution in [0.3, 0.4) is 0 Å². The highest BCUT2D eigenvalue weighted by atomic mass is 32.1. The van der Waals surface area contributed by atoms with Gasteiger partial charge in [0.1, 0.15) is 6.54 Å². The van der Waals surface area contributed by atoms with Crippen molar-refractivity contribution in [3.8, 4) is 0 Å². The third-order valence-electron chi connectivity index (χ3n) is 5.52. The maximum absolute atomic E-state index is 12.8. The van der Waals surface area contributed by atoms with Crippen LogP contribution in [0.2, 0.25) is 0 Å². The van der Waals surface area contributed by atoms with Gasteiger partial charge in [-0.1, -0.05) is 18.7 Å². The molecule has 3 aliphatic heterocycles. The molecule has 0 saturated carbocycles. The van der Waals surface area contributed by atoms with E-state index in [2.05, 4.69) is 13.2 Å². The highest BCUT2D eigenvalue weighted by Gasteiger charge is 2.49. The van der Waals surface area contributed by atoms with Crippen molar-refractivity contribution in [1.29, 1.82) is 0 Å². The summed E-state index contributed by atoms with van der Waals surface area (Å²) in [4.78, 5) is 13.4. The molecule has 4 nitrogen and oxygen atoms in total. The van der Waals surface area contributed by atoms with Gasteiger partial charge in [-0.3, -0.25) is 0 Å². The molecule has 1 aromatic rings. The third-order valence-corrected chi connectivity index (χ3v) is 6.54. The van der Waals surface area contributed by atoms with E-state index < -0.39 is 11.6 Å². The number of thiophene rings is 1. The monoisotopic (exact) mass is 348 g/mol. The van der Waals surface area contributed by atoms with Crippen LogP contribution in [0.25, 0.3) is 0 Å². The molecule has 3 saturated heterocycles. The maximum Gasteiger partial charge on any atom is 0.344 e. The van der Waals surface area contributed by atoms with Crippen molar-refractivity contribution >= 4 is 17.3 Å². The van der Waals surface area contributed by atoms with E-state index in [4.69, 9.17) is 4.74 Å². The van der Waals surface area contributed by atoms with Crippen molar-refractivity contribution in [1.82, 2.24) is 0 Å². The van der Waals surface area contributed by atoms with E-state index >= 15 is 0 Å². The summed E-state index contributed by atoms with van der Waals surface area (Å²) in [5.74, 6) is -0.129. The summed E-state index contributed by atoms with van der Waals surface area (Å²) in [6.07, 6.45) is 5.73. The Morgan fingerprint density at radius 1 is 1.42 bits per heavy atom. The van der Waals surface area contributed by atoms with E-state index in [-0.39, 0.29) is 12.5 Å². The van der Waals surface area contributed by atoms with Gasteiger partial charge < -0.3 is 14.3 Å². The first-order chi connectivity index (χ1) is 11.5. The zero-order valence-electron chi connectivity index (χ0n) is 14.0. The van der Waals surface area contributed by atoms with Crippen LogP contribution < -0.4 is 0 Å². The second-order valence-electron chi connectivity index (χ2n) is 7.05. The van der Waals surface area contributed by atoms with Crippen LogP contribution in [0.1, 0.15) is 24.1 Å². The lowest BCUT2D eigenvalue weighted by Gasteiger charge is -2.51. The molecule has 4 heterocycles. The number of esters is 1. The van der Waals surface area contributed by atoms with Gasteiger partial charge in [-0.25, -0.2) is 4.79 Å². The predicted octanol–water partition coefficient (Wildman–Crippen LogP) is 2.85. The van der Waals surface area contributed by atoms with Crippen molar-refractivity contribution in [2.24, 2.45) is 5.92 Å². The zero-order valence-corrected chi connectivity index (χ0v) is 14.8. The van der Waals surface area contributed by atoms with E-state index in [0.29, 0.717) is 10.8 Å². The fourth-order valence-electron chi connectivity index (χ4n) is 4.13. The Morgan fingerprint density at radius 3 is 2.75 bits per heavy atom. The maximum atomic E-state index is 12.8. The number of quaternary nitrogens is 1. The number of hydrogen-bond acceptors (Lipinski definition) is 4. The first-order valence-electron chi connectivity index (χ1n) is 8.57. The van der Waals surface area contributed by atoms with Crippen molar-refractivity contribution in [3.05, 3.63) is 47.7 Å². The summed E-state index contributed by atoms with van der Waals surface area (Å²) < 4.78 is 6.81. The number of piperidine rings is 3. The van der Waals surface area contributed by atoms with Crippen LogP contribution in [0.5, 0.6) is 0 Å². The number of fused-ring (bicyclic) bond motifs is 3. The number of nitrogens with zero attached hydrogens (tertiary/aromatic N) is 1. The molecular weight excluding hydrogens is 322 g/mol. The normalized spacial score (nSPS) is 31.2. The molecule has 3 fully saturated rings. The number of carbonyl (C=O) groups is 1. The summed E-state index contributed by atoms with van der Waals surface area (Å²) in [5, 5.41) is 12.8. The molecule has 0 amide bonds. The molecule has 5 heteroatoms. The Kier molecular flexibility index (Phi) is 4.95. The Balaban J connectivity index is 1.76. The van der Waals surface area contributed by atoms with Crippen LogP contribution in [-0.2, 0) is 15.1 Å². The molecule has 1 aromatic heterocycles. The minimum atomic E-state index is -1.62. The molecule has 0 aliphatic carbocycles. The van der Waals surface area contributed by atoms with Gasteiger partial charge in [-0.15, -0.1) is 17.9 Å². The van der Waals surface area contributed by atoms with Crippen LogP contribution in [0, 0.1) is 5.92 Å². The summed E-state index contributed by atoms with van der Waals surface area (Å²) in [6, 6.07) is 3.61. The second-order valence-corrected chi connectivity index (χ2v) is 8.00. The molecule has 2 atom stereocenters. The molecule has 0 radical (unpaired) electrons. The van der Waals surface area contributed by atoms with Gasteiger partial charge in [-0.2, -0.15) is 0 Å². The van der Waals surface area contributed by atoms with E-state index in [1.54, 1.807) is 12.1 Å². The smallest absolute Gasteiger partial charge is 0.344 e. The SMILES string of the molecule is C=CCC(O)(C(=O)O[C@H]1C[N+]2(CC=C)CCC1CC2)c1cccs1. The molecule has 130 valence electrons. The van der Waals surface area contributed by atoms with Gasteiger partial charge in [0.15, 0.2) is 11.7 Å². The Morgan fingerprint density at radius 2 is 2.17 bits per heavy atom. The fourth-order valence-corrected chi connectivity index (χ4v) is 4.95. The van der Waals surface area contributed by atoms with Gasteiger partial charge in [0, 0.05) is 30.1 Å². The minimum absolute atomic E-state index is 0.115. The lowest BCUT2D eigenvalue weighted by atomic mass is 9.83. The molecule has 1 unspecified atom stereocenters. The van der Waals surface area contributed by atoms with Crippen LogP contribution in [-0.4, -0.2) is 47.8 Å². The van der Waals surface area contributed by atoms with E-state index in [0.717, 1.165) is 43.5 Å². The minimum Gasteiger partial charge on any atom is -0.454 e. The fraction of sp³-hybridized carbons (Fsp3) is 0.526. The Labute approximate surface area is 147 Å². The molecular formula is C19H26NO3S+. The Bertz CT molecular complexity index is 604. The summed E-state index contributed by atoms with van der Waals surface area (Å²) in [5.41, 5.74) is -1.62. The van der Waals surface area contributed by atoms with Gasteiger partial charge in [0.05, 0.1) is 19.6 Å². The first-order valence-corrected chi connectivity index (χ1v) is 9.45. The molecule has 0 aromatic carbocycles. The highest BCUT2D eigenvalue weighted by Crippen LogP contribution is 2.38. The lowest BCUT2D eigenvalue weighted by Crippen LogP contribution is -2.64. The average Bonchev–Trinajstić information content (AvgIpc) is 3.11. The molecule has 24 heavy (non-hydrogen) atoms. The average molecular weight is 348 g/mol. The zero-order chi connectivity index (χ0) is 17.2. The topological polar surface area (TPSA) is 46.5 Å². The first kappa shape index (κ1) is 17.4. The number of aliphatic hydroxyl groups is 1. The lowest BCUT2D eigenvalue weighted by molar-refractivity contribution is -0.941.